The molecule has 1 unspecified atom stereocenters. The van der Waals surface area contributed by atoms with Crippen LogP contribution in [0.4, 0.5) is 0 Å². The molecule has 1 rings (SSSR count). The SMILES string of the molecule is CCOC(=O)CC(C(=O)OC(C)(C)C)n1ccnc1. The molecule has 0 saturated carbocycles. The van der Waals surface area contributed by atoms with E-state index in [1.165, 1.54) is 6.33 Å². The quantitative estimate of drug-likeness (QED) is 0.760. The molecule has 1 heterocycles. The van der Waals surface area contributed by atoms with E-state index < -0.39 is 23.6 Å². The number of esters is 2. The molecule has 0 aromatic carbocycles. The van der Waals surface area contributed by atoms with Crippen LogP contribution in [0.25, 0.3) is 0 Å². The van der Waals surface area contributed by atoms with E-state index in [4.69, 9.17) is 9.47 Å². The number of aromatic nitrogens is 2. The first kappa shape index (κ1) is 15.2. The zero-order valence-electron chi connectivity index (χ0n) is 11.8. The van der Waals surface area contributed by atoms with Gasteiger partial charge in [-0.25, -0.2) is 9.78 Å². The fraction of sp³-hybridized carbons (Fsp3) is 0.615. The lowest BCUT2D eigenvalue weighted by Crippen LogP contribution is -2.31. The van der Waals surface area contributed by atoms with E-state index in [-0.39, 0.29) is 13.0 Å². The van der Waals surface area contributed by atoms with Crippen molar-refractivity contribution in [1.29, 1.82) is 0 Å². The highest BCUT2D eigenvalue weighted by Crippen LogP contribution is 2.18. The van der Waals surface area contributed by atoms with Crippen LogP contribution in [0, 0.1) is 0 Å². The Kier molecular flexibility index (Phi) is 5.09. The third-order valence-electron chi connectivity index (χ3n) is 2.23. The molecule has 0 aliphatic heterocycles. The summed E-state index contributed by atoms with van der Waals surface area (Å²) in [6, 6.07) is -0.749. The summed E-state index contributed by atoms with van der Waals surface area (Å²) >= 11 is 0. The van der Waals surface area contributed by atoms with Crippen LogP contribution >= 0.6 is 0 Å². The van der Waals surface area contributed by atoms with E-state index in [9.17, 15) is 9.59 Å². The average molecular weight is 268 g/mol. The second-order valence-corrected chi connectivity index (χ2v) is 5.07. The smallest absolute Gasteiger partial charge is 0.330 e. The Balaban J connectivity index is 2.81. The third-order valence-corrected chi connectivity index (χ3v) is 2.23. The van der Waals surface area contributed by atoms with Crippen LogP contribution in [0.1, 0.15) is 40.2 Å². The Morgan fingerprint density at radius 1 is 1.37 bits per heavy atom. The van der Waals surface area contributed by atoms with Crippen LogP contribution < -0.4 is 0 Å². The Bertz CT molecular complexity index is 420. The molecular weight excluding hydrogens is 248 g/mol. The summed E-state index contributed by atoms with van der Waals surface area (Å²) in [6.07, 6.45) is 4.57. The Morgan fingerprint density at radius 2 is 2.05 bits per heavy atom. The molecule has 1 atom stereocenters. The van der Waals surface area contributed by atoms with Gasteiger partial charge in [0.2, 0.25) is 0 Å². The Morgan fingerprint density at radius 3 is 2.53 bits per heavy atom. The molecule has 0 aliphatic rings. The number of hydrogen-bond donors (Lipinski definition) is 0. The van der Waals surface area contributed by atoms with Gasteiger partial charge < -0.3 is 14.0 Å². The van der Waals surface area contributed by atoms with E-state index in [2.05, 4.69) is 4.98 Å². The van der Waals surface area contributed by atoms with Crippen molar-refractivity contribution < 1.29 is 19.1 Å². The van der Waals surface area contributed by atoms with Crippen molar-refractivity contribution in [1.82, 2.24) is 9.55 Å². The predicted molar refractivity (Wildman–Crippen MR) is 68.4 cm³/mol. The van der Waals surface area contributed by atoms with Crippen molar-refractivity contribution in [3.63, 3.8) is 0 Å². The van der Waals surface area contributed by atoms with Crippen LogP contribution in [0.2, 0.25) is 0 Å². The molecule has 0 radical (unpaired) electrons. The van der Waals surface area contributed by atoms with Crippen molar-refractivity contribution in [3.05, 3.63) is 18.7 Å². The first-order valence-corrected chi connectivity index (χ1v) is 6.19. The largest absolute Gasteiger partial charge is 0.466 e. The molecule has 0 aliphatic carbocycles. The number of imidazole rings is 1. The van der Waals surface area contributed by atoms with Gasteiger partial charge >= 0.3 is 11.9 Å². The molecule has 6 nitrogen and oxygen atoms in total. The average Bonchev–Trinajstić information content (AvgIpc) is 2.76. The molecule has 106 valence electrons. The first-order chi connectivity index (χ1) is 8.83. The maximum Gasteiger partial charge on any atom is 0.330 e. The first-order valence-electron chi connectivity index (χ1n) is 6.19. The number of ether oxygens (including phenoxy) is 2. The summed E-state index contributed by atoms with van der Waals surface area (Å²) in [6.45, 7) is 7.34. The van der Waals surface area contributed by atoms with Gasteiger partial charge in [-0.15, -0.1) is 0 Å². The molecule has 19 heavy (non-hydrogen) atoms. The van der Waals surface area contributed by atoms with Crippen molar-refractivity contribution in [2.75, 3.05) is 6.61 Å². The minimum Gasteiger partial charge on any atom is -0.466 e. The summed E-state index contributed by atoms with van der Waals surface area (Å²) in [4.78, 5) is 27.6. The fourth-order valence-electron chi connectivity index (χ4n) is 1.51. The van der Waals surface area contributed by atoms with E-state index in [1.54, 1.807) is 44.7 Å². The highest BCUT2D eigenvalue weighted by Gasteiger charge is 2.29. The van der Waals surface area contributed by atoms with Gasteiger partial charge in [-0.3, -0.25) is 4.79 Å². The highest BCUT2D eigenvalue weighted by molar-refractivity contribution is 5.81. The van der Waals surface area contributed by atoms with E-state index >= 15 is 0 Å². The molecule has 6 heteroatoms. The van der Waals surface area contributed by atoms with Gasteiger partial charge in [0, 0.05) is 12.4 Å². The number of nitrogens with zero attached hydrogens (tertiary/aromatic N) is 2. The number of hydrogen-bond acceptors (Lipinski definition) is 5. The van der Waals surface area contributed by atoms with Crippen LogP contribution in [0.15, 0.2) is 18.7 Å². The standard InChI is InChI=1S/C13H20N2O4/c1-5-18-11(16)8-10(15-7-6-14-9-15)12(17)19-13(2,3)4/h6-7,9-10H,5,8H2,1-4H3. The monoisotopic (exact) mass is 268 g/mol. The van der Waals surface area contributed by atoms with Crippen LogP contribution in [-0.4, -0.2) is 33.7 Å². The molecular formula is C13H20N2O4. The van der Waals surface area contributed by atoms with E-state index in [0.717, 1.165) is 0 Å². The van der Waals surface area contributed by atoms with Crippen LogP contribution in [0.3, 0.4) is 0 Å². The molecule has 0 spiro atoms. The summed E-state index contributed by atoms with van der Waals surface area (Å²) in [5.74, 6) is -0.911. The molecule has 0 fully saturated rings. The zero-order valence-corrected chi connectivity index (χ0v) is 11.8. The van der Waals surface area contributed by atoms with Gasteiger partial charge in [-0.1, -0.05) is 0 Å². The predicted octanol–water partition coefficient (Wildman–Crippen LogP) is 1.72. The second kappa shape index (κ2) is 6.36. The van der Waals surface area contributed by atoms with Crippen molar-refractivity contribution in [2.24, 2.45) is 0 Å². The molecule has 0 saturated heterocycles. The minimum absolute atomic E-state index is 0.0703. The van der Waals surface area contributed by atoms with Crippen molar-refractivity contribution in [3.8, 4) is 0 Å². The van der Waals surface area contributed by atoms with Gasteiger partial charge in [0.15, 0.2) is 0 Å². The summed E-state index contributed by atoms with van der Waals surface area (Å²) in [5.41, 5.74) is -0.607. The lowest BCUT2D eigenvalue weighted by molar-refractivity contribution is -0.162. The molecule has 0 N–H and O–H groups in total. The molecule has 0 bridgehead atoms. The summed E-state index contributed by atoms with van der Waals surface area (Å²) in [7, 11) is 0. The van der Waals surface area contributed by atoms with E-state index in [0.29, 0.717) is 0 Å². The van der Waals surface area contributed by atoms with Gasteiger partial charge in [-0.2, -0.15) is 0 Å². The normalized spacial score (nSPS) is 12.8. The zero-order chi connectivity index (χ0) is 14.5. The van der Waals surface area contributed by atoms with Gasteiger partial charge in [-0.05, 0) is 27.7 Å². The summed E-state index contributed by atoms with van der Waals surface area (Å²) in [5, 5.41) is 0. The molecule has 1 aromatic rings. The Hall–Kier alpha value is -1.85. The lowest BCUT2D eigenvalue weighted by Gasteiger charge is -2.24. The minimum atomic E-state index is -0.749. The fourth-order valence-corrected chi connectivity index (χ4v) is 1.51. The van der Waals surface area contributed by atoms with Crippen molar-refractivity contribution >= 4 is 11.9 Å². The topological polar surface area (TPSA) is 70.4 Å². The lowest BCUT2D eigenvalue weighted by atomic mass is 10.1. The van der Waals surface area contributed by atoms with Crippen LogP contribution in [-0.2, 0) is 19.1 Å². The maximum atomic E-state index is 12.1. The number of carbonyl (C=O) groups excluding carboxylic acids is 2. The van der Waals surface area contributed by atoms with Gasteiger partial charge in [0.05, 0.1) is 19.4 Å². The molecule has 1 aromatic heterocycles. The maximum absolute atomic E-state index is 12.1. The highest BCUT2D eigenvalue weighted by atomic mass is 16.6. The Labute approximate surface area is 112 Å². The number of rotatable bonds is 5. The van der Waals surface area contributed by atoms with Crippen LogP contribution in [0.5, 0.6) is 0 Å². The van der Waals surface area contributed by atoms with Gasteiger partial charge in [0.25, 0.3) is 0 Å². The van der Waals surface area contributed by atoms with E-state index in [1.807, 2.05) is 0 Å². The molecule has 0 amide bonds. The number of carbonyl (C=O) groups is 2. The van der Waals surface area contributed by atoms with Gasteiger partial charge in [0.1, 0.15) is 11.6 Å². The van der Waals surface area contributed by atoms with Crippen molar-refractivity contribution in [2.45, 2.75) is 45.8 Å². The summed E-state index contributed by atoms with van der Waals surface area (Å²) < 4.78 is 11.7. The third kappa shape index (κ3) is 5.11. The second-order valence-electron chi connectivity index (χ2n) is 5.07.